The van der Waals surface area contributed by atoms with Crippen molar-refractivity contribution in [3.8, 4) is 0 Å². The van der Waals surface area contributed by atoms with Crippen LogP contribution in [0.15, 0.2) is 23.0 Å². The molecular formula is C12H15N3O. The van der Waals surface area contributed by atoms with E-state index in [1.807, 2.05) is 25.1 Å². The summed E-state index contributed by atoms with van der Waals surface area (Å²) in [5.74, 6) is 0. The van der Waals surface area contributed by atoms with Gasteiger partial charge in [-0.2, -0.15) is 4.98 Å². The first-order chi connectivity index (χ1) is 7.70. The molecule has 4 heteroatoms. The second-order valence-electron chi connectivity index (χ2n) is 3.93. The van der Waals surface area contributed by atoms with Crippen LogP contribution in [0.25, 0.3) is 10.9 Å². The highest BCUT2D eigenvalue weighted by Crippen LogP contribution is 2.16. The molecule has 0 saturated carbocycles. The quantitative estimate of drug-likeness (QED) is 0.809. The summed E-state index contributed by atoms with van der Waals surface area (Å²) < 4.78 is 0. The van der Waals surface area contributed by atoms with Gasteiger partial charge in [0.05, 0.1) is 5.52 Å². The number of H-pyrrole nitrogens is 1. The molecule has 0 aliphatic carbocycles. The van der Waals surface area contributed by atoms with Gasteiger partial charge in [-0.25, -0.2) is 4.79 Å². The van der Waals surface area contributed by atoms with E-state index < -0.39 is 0 Å². The molecule has 0 radical (unpaired) electrons. The molecule has 0 atom stereocenters. The van der Waals surface area contributed by atoms with Crippen molar-refractivity contribution in [3.05, 3.63) is 39.9 Å². The Morgan fingerprint density at radius 1 is 1.44 bits per heavy atom. The minimum absolute atomic E-state index is 0.289. The minimum atomic E-state index is -0.289. The van der Waals surface area contributed by atoms with Crippen LogP contribution in [-0.4, -0.2) is 16.5 Å². The van der Waals surface area contributed by atoms with Gasteiger partial charge >= 0.3 is 5.69 Å². The summed E-state index contributed by atoms with van der Waals surface area (Å²) in [5.41, 5.74) is 8.04. The van der Waals surface area contributed by atoms with Gasteiger partial charge in [0.2, 0.25) is 0 Å². The molecule has 1 aromatic carbocycles. The molecule has 0 aliphatic rings. The maximum atomic E-state index is 11.4. The molecule has 0 unspecified atom stereocenters. The third kappa shape index (κ3) is 2.12. The van der Waals surface area contributed by atoms with Gasteiger partial charge in [-0.1, -0.05) is 11.6 Å². The van der Waals surface area contributed by atoms with Crippen molar-refractivity contribution in [2.24, 2.45) is 5.73 Å². The maximum absolute atomic E-state index is 11.4. The lowest BCUT2D eigenvalue weighted by Gasteiger charge is -2.05. The van der Waals surface area contributed by atoms with Gasteiger partial charge in [0, 0.05) is 11.1 Å². The van der Waals surface area contributed by atoms with Gasteiger partial charge in [-0.05, 0) is 38.4 Å². The number of benzene rings is 1. The summed E-state index contributed by atoms with van der Waals surface area (Å²) in [5, 5.41) is 1.02. The number of aromatic amines is 1. The average molecular weight is 217 g/mol. The van der Waals surface area contributed by atoms with Crippen LogP contribution < -0.4 is 11.4 Å². The van der Waals surface area contributed by atoms with Crippen LogP contribution in [0, 0.1) is 6.92 Å². The number of rotatable bonds is 3. The second kappa shape index (κ2) is 4.45. The van der Waals surface area contributed by atoms with E-state index >= 15 is 0 Å². The van der Waals surface area contributed by atoms with Crippen LogP contribution in [-0.2, 0) is 6.42 Å². The highest BCUT2D eigenvalue weighted by atomic mass is 16.1. The van der Waals surface area contributed by atoms with E-state index in [0.717, 1.165) is 35.0 Å². The number of aryl methyl sites for hydroxylation is 2. The molecule has 2 rings (SSSR count). The first-order valence-corrected chi connectivity index (χ1v) is 5.40. The molecule has 0 saturated heterocycles. The molecule has 1 aromatic heterocycles. The topological polar surface area (TPSA) is 71.8 Å². The fourth-order valence-electron chi connectivity index (χ4n) is 1.80. The van der Waals surface area contributed by atoms with E-state index in [1.54, 1.807) is 0 Å². The standard InChI is InChI=1S/C12H15N3O/c1-8-4-5-11-9(7-8)10(3-2-6-13)14-12(16)15-11/h4-5,7H,2-3,6,13H2,1H3,(H,14,15,16). The number of hydrogen-bond acceptors (Lipinski definition) is 3. The van der Waals surface area contributed by atoms with E-state index in [9.17, 15) is 4.79 Å². The predicted octanol–water partition coefficient (Wildman–Crippen LogP) is 1.12. The molecule has 0 amide bonds. The second-order valence-corrected chi connectivity index (χ2v) is 3.93. The van der Waals surface area contributed by atoms with Crippen molar-refractivity contribution in [1.82, 2.24) is 9.97 Å². The lowest BCUT2D eigenvalue weighted by atomic mass is 10.1. The van der Waals surface area contributed by atoms with Gasteiger partial charge in [0.1, 0.15) is 0 Å². The molecule has 0 bridgehead atoms. The Kier molecular flexibility index (Phi) is 3.01. The Bertz CT molecular complexity index is 560. The largest absolute Gasteiger partial charge is 0.345 e. The van der Waals surface area contributed by atoms with Crippen molar-refractivity contribution < 1.29 is 0 Å². The predicted molar refractivity (Wildman–Crippen MR) is 64.5 cm³/mol. The molecule has 0 spiro atoms. The van der Waals surface area contributed by atoms with Crippen molar-refractivity contribution >= 4 is 10.9 Å². The number of nitrogens with one attached hydrogen (secondary N) is 1. The number of fused-ring (bicyclic) bond motifs is 1. The van der Waals surface area contributed by atoms with E-state index in [4.69, 9.17) is 5.73 Å². The number of aromatic nitrogens is 2. The van der Waals surface area contributed by atoms with E-state index in [2.05, 4.69) is 9.97 Å². The van der Waals surface area contributed by atoms with E-state index in [0.29, 0.717) is 6.54 Å². The van der Waals surface area contributed by atoms with Gasteiger partial charge in [0.25, 0.3) is 0 Å². The zero-order valence-corrected chi connectivity index (χ0v) is 9.29. The Morgan fingerprint density at radius 2 is 2.25 bits per heavy atom. The van der Waals surface area contributed by atoms with Crippen LogP contribution in [0.3, 0.4) is 0 Å². The molecule has 3 N–H and O–H groups in total. The highest BCUT2D eigenvalue weighted by Gasteiger charge is 2.04. The SMILES string of the molecule is Cc1ccc2nc(=O)[nH]c(CCCN)c2c1. The monoisotopic (exact) mass is 217 g/mol. The Hall–Kier alpha value is -1.68. The lowest BCUT2D eigenvalue weighted by molar-refractivity contribution is 0.808. The summed E-state index contributed by atoms with van der Waals surface area (Å²) in [6.07, 6.45) is 1.65. The van der Waals surface area contributed by atoms with Crippen molar-refractivity contribution in [2.75, 3.05) is 6.54 Å². The average Bonchev–Trinajstić information content (AvgIpc) is 2.26. The van der Waals surface area contributed by atoms with Crippen LogP contribution >= 0.6 is 0 Å². The van der Waals surface area contributed by atoms with Crippen LogP contribution in [0.4, 0.5) is 0 Å². The third-order valence-electron chi connectivity index (χ3n) is 2.59. The molecule has 16 heavy (non-hydrogen) atoms. The first kappa shape index (κ1) is 10.8. The van der Waals surface area contributed by atoms with Crippen LogP contribution in [0.5, 0.6) is 0 Å². The smallest absolute Gasteiger partial charge is 0.330 e. The molecular weight excluding hydrogens is 202 g/mol. The zero-order valence-electron chi connectivity index (χ0n) is 9.29. The molecule has 1 heterocycles. The summed E-state index contributed by atoms with van der Waals surface area (Å²) in [4.78, 5) is 18.1. The molecule has 0 aliphatic heterocycles. The van der Waals surface area contributed by atoms with Gasteiger partial charge in [-0.3, -0.25) is 0 Å². The highest BCUT2D eigenvalue weighted by molar-refractivity contribution is 5.81. The third-order valence-corrected chi connectivity index (χ3v) is 2.59. The van der Waals surface area contributed by atoms with E-state index in [-0.39, 0.29) is 5.69 Å². The van der Waals surface area contributed by atoms with Gasteiger partial charge in [0.15, 0.2) is 0 Å². The Morgan fingerprint density at radius 3 is 3.00 bits per heavy atom. The maximum Gasteiger partial charge on any atom is 0.345 e. The number of nitrogens with zero attached hydrogens (tertiary/aromatic N) is 1. The summed E-state index contributed by atoms with van der Waals surface area (Å²) in [6, 6.07) is 5.89. The minimum Gasteiger partial charge on any atom is -0.330 e. The normalized spacial score (nSPS) is 10.9. The molecule has 4 nitrogen and oxygen atoms in total. The number of nitrogens with two attached hydrogens (primary N) is 1. The Balaban J connectivity index is 2.60. The molecule has 84 valence electrons. The molecule has 0 fully saturated rings. The lowest BCUT2D eigenvalue weighted by Crippen LogP contribution is -2.14. The summed E-state index contributed by atoms with van der Waals surface area (Å²) >= 11 is 0. The first-order valence-electron chi connectivity index (χ1n) is 5.40. The Labute approximate surface area is 93.5 Å². The van der Waals surface area contributed by atoms with Crippen molar-refractivity contribution in [2.45, 2.75) is 19.8 Å². The number of hydrogen-bond donors (Lipinski definition) is 2. The van der Waals surface area contributed by atoms with Gasteiger partial charge in [-0.15, -0.1) is 0 Å². The van der Waals surface area contributed by atoms with Crippen molar-refractivity contribution in [1.29, 1.82) is 0 Å². The fourth-order valence-corrected chi connectivity index (χ4v) is 1.80. The van der Waals surface area contributed by atoms with E-state index in [1.165, 1.54) is 0 Å². The molecule has 2 aromatic rings. The fraction of sp³-hybridized carbons (Fsp3) is 0.333. The summed E-state index contributed by atoms with van der Waals surface area (Å²) in [7, 11) is 0. The van der Waals surface area contributed by atoms with Crippen LogP contribution in [0.1, 0.15) is 17.7 Å². The van der Waals surface area contributed by atoms with Gasteiger partial charge < -0.3 is 10.7 Å². The van der Waals surface area contributed by atoms with Crippen LogP contribution in [0.2, 0.25) is 0 Å². The zero-order chi connectivity index (χ0) is 11.5. The van der Waals surface area contributed by atoms with Crippen molar-refractivity contribution in [3.63, 3.8) is 0 Å². The summed E-state index contributed by atoms with van der Waals surface area (Å²) in [6.45, 7) is 2.65.